The number of halogens is 1. The Hall–Kier alpha value is -2.46. The number of ether oxygens (including phenoxy) is 1. The molecule has 0 aliphatic heterocycles. The van der Waals surface area contributed by atoms with Crippen LogP contribution in [0.3, 0.4) is 0 Å². The van der Waals surface area contributed by atoms with Gasteiger partial charge in [-0.05, 0) is 59.0 Å². The molecule has 0 aliphatic carbocycles. The summed E-state index contributed by atoms with van der Waals surface area (Å²) in [5.74, 6) is -0.0807. The third kappa shape index (κ3) is 5.02. The normalized spacial score (nSPS) is 10.2. The number of nitrogens with one attached hydrogen (secondary N) is 2. The Labute approximate surface area is 167 Å². The van der Waals surface area contributed by atoms with E-state index in [1.165, 1.54) is 11.3 Å². The summed E-state index contributed by atoms with van der Waals surface area (Å²) in [5.41, 5.74) is 0.767. The molecule has 26 heavy (non-hydrogen) atoms. The largest absolute Gasteiger partial charge is 0.484 e. The van der Waals surface area contributed by atoms with Crippen molar-refractivity contribution in [3.8, 4) is 5.75 Å². The van der Waals surface area contributed by atoms with Gasteiger partial charge in [0.25, 0.3) is 11.8 Å². The molecule has 0 saturated heterocycles. The topological polar surface area (TPSA) is 80.3 Å². The maximum atomic E-state index is 12.4. The highest BCUT2D eigenvalue weighted by atomic mass is 127. The zero-order valence-electron chi connectivity index (χ0n) is 13.4. The van der Waals surface area contributed by atoms with Crippen LogP contribution in [0.2, 0.25) is 0 Å². The summed E-state index contributed by atoms with van der Waals surface area (Å²) in [6.07, 6.45) is 1.61. The molecule has 132 valence electrons. The number of amides is 2. The van der Waals surface area contributed by atoms with Crippen LogP contribution in [0, 0.1) is 3.57 Å². The molecule has 0 saturated carbocycles. The highest BCUT2D eigenvalue weighted by Crippen LogP contribution is 2.19. The molecule has 0 atom stereocenters. The summed E-state index contributed by atoms with van der Waals surface area (Å²) >= 11 is 3.52. The summed E-state index contributed by atoms with van der Waals surface area (Å²) in [4.78, 5) is 28.6. The lowest BCUT2D eigenvalue weighted by Gasteiger charge is -2.11. The van der Waals surface area contributed by atoms with Crippen molar-refractivity contribution in [1.82, 2.24) is 4.98 Å². The summed E-state index contributed by atoms with van der Waals surface area (Å²) in [7, 11) is 0. The van der Waals surface area contributed by atoms with E-state index in [-0.39, 0.29) is 18.4 Å². The first-order chi connectivity index (χ1) is 12.6. The molecule has 8 heteroatoms. The second-order valence-corrected chi connectivity index (χ2v) is 7.27. The van der Waals surface area contributed by atoms with E-state index in [2.05, 4.69) is 38.2 Å². The molecule has 3 rings (SSSR count). The van der Waals surface area contributed by atoms with Gasteiger partial charge in [0.05, 0.1) is 11.3 Å². The number of hydrogen-bond acceptors (Lipinski definition) is 5. The Bertz CT molecular complexity index is 898. The lowest BCUT2D eigenvalue weighted by atomic mass is 10.1. The number of carbonyl (C=O) groups is 2. The summed E-state index contributed by atoms with van der Waals surface area (Å²) < 4.78 is 6.54. The number of aromatic nitrogens is 1. The number of benzene rings is 2. The zero-order chi connectivity index (χ0) is 18.4. The van der Waals surface area contributed by atoms with Gasteiger partial charge in [0.1, 0.15) is 5.75 Å². The van der Waals surface area contributed by atoms with E-state index in [9.17, 15) is 9.59 Å². The maximum Gasteiger partial charge on any atom is 0.262 e. The Morgan fingerprint density at radius 3 is 2.58 bits per heavy atom. The van der Waals surface area contributed by atoms with Crippen molar-refractivity contribution >= 4 is 56.6 Å². The molecule has 1 aromatic heterocycles. The highest BCUT2D eigenvalue weighted by Gasteiger charge is 2.14. The van der Waals surface area contributed by atoms with Gasteiger partial charge in [0.15, 0.2) is 11.7 Å². The lowest BCUT2D eigenvalue weighted by Crippen LogP contribution is -2.22. The van der Waals surface area contributed by atoms with Crippen LogP contribution in [-0.2, 0) is 4.79 Å². The van der Waals surface area contributed by atoms with Crippen LogP contribution < -0.4 is 15.4 Å². The maximum absolute atomic E-state index is 12.4. The van der Waals surface area contributed by atoms with Crippen LogP contribution >= 0.6 is 33.9 Å². The van der Waals surface area contributed by atoms with Crippen molar-refractivity contribution in [3.63, 3.8) is 0 Å². The molecular weight excluding hydrogens is 465 g/mol. The number of para-hydroxylation sites is 1. The van der Waals surface area contributed by atoms with Gasteiger partial charge in [-0.2, -0.15) is 0 Å². The molecule has 1 heterocycles. The molecule has 0 fully saturated rings. The summed E-state index contributed by atoms with van der Waals surface area (Å²) in [5, 5.41) is 7.68. The van der Waals surface area contributed by atoms with Gasteiger partial charge in [-0.25, -0.2) is 4.98 Å². The minimum Gasteiger partial charge on any atom is -0.484 e. The van der Waals surface area contributed by atoms with Gasteiger partial charge in [0.2, 0.25) is 0 Å². The number of rotatable bonds is 6. The molecule has 0 radical (unpaired) electrons. The average molecular weight is 479 g/mol. The first kappa shape index (κ1) is 18.3. The Kier molecular flexibility index (Phi) is 6.18. The number of carbonyl (C=O) groups excluding carboxylic acids is 2. The van der Waals surface area contributed by atoms with Gasteiger partial charge in [-0.1, -0.05) is 12.1 Å². The van der Waals surface area contributed by atoms with Crippen molar-refractivity contribution in [2.75, 3.05) is 17.2 Å². The molecule has 2 amide bonds. The van der Waals surface area contributed by atoms with E-state index in [1.807, 2.05) is 12.1 Å². The smallest absolute Gasteiger partial charge is 0.262 e. The zero-order valence-corrected chi connectivity index (χ0v) is 16.4. The van der Waals surface area contributed by atoms with Gasteiger partial charge in [0, 0.05) is 15.1 Å². The van der Waals surface area contributed by atoms with Crippen LogP contribution in [0.1, 0.15) is 10.4 Å². The van der Waals surface area contributed by atoms with E-state index < -0.39 is 0 Å². The summed E-state index contributed by atoms with van der Waals surface area (Å²) in [6.45, 7) is -0.150. The molecule has 3 aromatic rings. The van der Waals surface area contributed by atoms with E-state index in [1.54, 1.807) is 48.0 Å². The molecule has 6 nitrogen and oxygen atoms in total. The number of thiazole rings is 1. The monoisotopic (exact) mass is 479 g/mol. The SMILES string of the molecule is O=C(COc1ccc(I)cc1)Nc1ccccc1C(=O)Nc1nccs1. The van der Waals surface area contributed by atoms with Gasteiger partial charge in [-0.15, -0.1) is 11.3 Å². The van der Waals surface area contributed by atoms with Gasteiger partial charge in [-0.3, -0.25) is 14.9 Å². The molecule has 0 unspecified atom stereocenters. The molecule has 2 N–H and O–H groups in total. The number of anilines is 2. The second-order valence-electron chi connectivity index (χ2n) is 5.13. The minimum absolute atomic E-state index is 0.150. The minimum atomic E-state index is -0.349. The van der Waals surface area contributed by atoms with Gasteiger partial charge < -0.3 is 10.1 Å². The fourth-order valence-corrected chi connectivity index (χ4v) is 2.99. The predicted molar refractivity (Wildman–Crippen MR) is 110 cm³/mol. The van der Waals surface area contributed by atoms with Crippen molar-refractivity contribution in [3.05, 3.63) is 69.2 Å². The van der Waals surface area contributed by atoms with Crippen LogP contribution in [0.5, 0.6) is 5.75 Å². The first-order valence-corrected chi connectivity index (χ1v) is 9.56. The molecule has 0 bridgehead atoms. The lowest BCUT2D eigenvalue weighted by molar-refractivity contribution is -0.118. The van der Waals surface area contributed by atoms with E-state index >= 15 is 0 Å². The Morgan fingerprint density at radius 1 is 1.08 bits per heavy atom. The fraction of sp³-hybridized carbons (Fsp3) is 0.0556. The highest BCUT2D eigenvalue weighted by molar-refractivity contribution is 14.1. The van der Waals surface area contributed by atoms with Crippen LogP contribution in [0.15, 0.2) is 60.1 Å². The quantitative estimate of drug-likeness (QED) is 0.524. The third-order valence-electron chi connectivity index (χ3n) is 3.28. The Morgan fingerprint density at radius 2 is 1.85 bits per heavy atom. The van der Waals surface area contributed by atoms with E-state index in [0.29, 0.717) is 22.1 Å². The van der Waals surface area contributed by atoms with Crippen molar-refractivity contribution < 1.29 is 14.3 Å². The van der Waals surface area contributed by atoms with Crippen molar-refractivity contribution in [2.24, 2.45) is 0 Å². The predicted octanol–water partition coefficient (Wildman–Crippen LogP) is 4.02. The van der Waals surface area contributed by atoms with Crippen LogP contribution in [0.25, 0.3) is 0 Å². The Balaban J connectivity index is 1.62. The van der Waals surface area contributed by atoms with Crippen LogP contribution in [-0.4, -0.2) is 23.4 Å². The average Bonchev–Trinajstić information content (AvgIpc) is 3.14. The molecule has 0 aliphatic rings. The van der Waals surface area contributed by atoms with E-state index in [4.69, 9.17) is 4.74 Å². The molecule has 0 spiro atoms. The van der Waals surface area contributed by atoms with Crippen molar-refractivity contribution in [2.45, 2.75) is 0 Å². The molecular formula is C18H14IN3O3S. The number of hydrogen-bond donors (Lipinski definition) is 2. The third-order valence-corrected chi connectivity index (χ3v) is 4.69. The standard InChI is InChI=1S/C18H14IN3O3S/c19-12-5-7-13(8-6-12)25-11-16(23)21-15-4-2-1-3-14(15)17(24)22-18-20-9-10-26-18/h1-10H,11H2,(H,21,23)(H,20,22,24). The van der Waals surface area contributed by atoms with E-state index in [0.717, 1.165) is 3.57 Å². The van der Waals surface area contributed by atoms with Crippen LogP contribution in [0.4, 0.5) is 10.8 Å². The fourth-order valence-electron chi connectivity index (χ4n) is 2.11. The van der Waals surface area contributed by atoms with Gasteiger partial charge >= 0.3 is 0 Å². The molecule has 2 aromatic carbocycles. The second kappa shape index (κ2) is 8.77. The number of nitrogens with zero attached hydrogens (tertiary/aromatic N) is 1. The first-order valence-electron chi connectivity index (χ1n) is 7.60. The van der Waals surface area contributed by atoms with Crippen molar-refractivity contribution in [1.29, 1.82) is 0 Å². The summed E-state index contributed by atoms with van der Waals surface area (Å²) in [6, 6.07) is 14.2.